The monoisotopic (exact) mass is 525 g/mol. The zero-order valence-electron chi connectivity index (χ0n) is 23.1. The molecule has 4 nitrogen and oxygen atoms in total. The van der Waals surface area contributed by atoms with Gasteiger partial charge >= 0.3 is 0 Å². The van der Waals surface area contributed by atoms with Gasteiger partial charge in [0.05, 0.1) is 11.6 Å². The number of amides is 1. The number of nitrogens with zero attached hydrogens (tertiary/aromatic N) is 1. The van der Waals surface area contributed by atoms with E-state index in [0.29, 0.717) is 16.6 Å². The quantitative estimate of drug-likeness (QED) is 0.110. The fourth-order valence-corrected chi connectivity index (χ4v) is 2.65. The van der Waals surface area contributed by atoms with E-state index in [1.54, 1.807) is 24.3 Å². The Morgan fingerprint density at radius 1 is 1.09 bits per heavy atom. The zero-order chi connectivity index (χ0) is 27.3. The molecule has 0 aromatic carbocycles. The van der Waals surface area contributed by atoms with Crippen LogP contribution in [0.3, 0.4) is 0 Å². The molecule has 0 saturated carbocycles. The van der Waals surface area contributed by atoms with E-state index in [-0.39, 0.29) is 5.91 Å². The lowest BCUT2D eigenvalue weighted by Crippen LogP contribution is -2.21. The molecule has 1 rings (SSSR count). The second-order valence-corrected chi connectivity index (χ2v) is 7.73. The van der Waals surface area contributed by atoms with Gasteiger partial charge in [-0.3, -0.25) is 9.79 Å². The molecule has 35 heavy (non-hydrogen) atoms. The maximum Gasteiger partial charge on any atom is 0.217 e. The SMILES string of the molecule is C=C/C=C\C(CCC)=NCCNCCCCC.CC.CC.CC(=O)NCC1=CC=C(Cl)C(Cl)=C=C1. The molecule has 1 amide bonds. The molecular weight excluding hydrogens is 477 g/mol. The van der Waals surface area contributed by atoms with Gasteiger partial charge in [0.1, 0.15) is 5.03 Å². The first-order valence-corrected chi connectivity index (χ1v) is 13.7. The Morgan fingerprint density at radius 2 is 1.77 bits per heavy atom. The van der Waals surface area contributed by atoms with Gasteiger partial charge in [-0.15, -0.1) is 0 Å². The first-order chi connectivity index (χ1) is 16.9. The van der Waals surface area contributed by atoms with E-state index in [0.717, 1.165) is 38.0 Å². The molecule has 0 unspecified atom stereocenters. The van der Waals surface area contributed by atoms with Crippen molar-refractivity contribution >= 4 is 34.8 Å². The maximum atomic E-state index is 10.7. The molecule has 1 aliphatic carbocycles. The molecule has 6 heteroatoms. The van der Waals surface area contributed by atoms with Crippen LogP contribution in [0.1, 0.15) is 80.6 Å². The number of hydrogen-bond acceptors (Lipinski definition) is 3. The van der Waals surface area contributed by atoms with Crippen LogP contribution in [0.2, 0.25) is 0 Å². The normalized spacial score (nSPS) is 12.4. The average molecular weight is 527 g/mol. The van der Waals surface area contributed by atoms with Crippen molar-refractivity contribution in [3.8, 4) is 0 Å². The molecule has 0 aromatic rings. The summed E-state index contributed by atoms with van der Waals surface area (Å²) in [7, 11) is 0. The third-order valence-corrected chi connectivity index (χ3v) is 4.79. The third-order valence-electron chi connectivity index (χ3n) is 4.07. The van der Waals surface area contributed by atoms with Crippen molar-refractivity contribution in [2.75, 3.05) is 26.2 Å². The molecule has 0 atom stereocenters. The number of halogens is 2. The second kappa shape index (κ2) is 30.2. The molecule has 2 N–H and O–H groups in total. The number of aliphatic imine (C=N–C) groups is 1. The van der Waals surface area contributed by atoms with E-state index in [9.17, 15) is 4.79 Å². The van der Waals surface area contributed by atoms with Crippen molar-refractivity contribution in [3.63, 3.8) is 0 Å². The minimum atomic E-state index is -0.0753. The molecule has 0 bridgehead atoms. The van der Waals surface area contributed by atoms with Gasteiger partial charge in [0, 0.05) is 25.7 Å². The topological polar surface area (TPSA) is 53.5 Å². The Labute approximate surface area is 226 Å². The molecular formula is C29H49Cl2N3O. The van der Waals surface area contributed by atoms with E-state index >= 15 is 0 Å². The van der Waals surface area contributed by atoms with E-state index in [2.05, 4.69) is 47.9 Å². The lowest BCUT2D eigenvalue weighted by Gasteiger charge is -2.03. The summed E-state index contributed by atoms with van der Waals surface area (Å²) < 4.78 is 0. The summed E-state index contributed by atoms with van der Waals surface area (Å²) in [5.41, 5.74) is 4.89. The highest BCUT2D eigenvalue weighted by Gasteiger charge is 2.01. The van der Waals surface area contributed by atoms with Crippen LogP contribution in [0.15, 0.2) is 69.4 Å². The standard InChI is InChI=1S/C15H28N2.C10H9Cl2NO.2C2H6/c1-4-7-9-12-16-13-14-17-15(10-6-3)11-8-5-2;1-7(14)13-6-8-2-4-9(11)10(12)5-3-8;2*1-2/h5,8,11,16H,2,4,6-7,9-10,12-14H2,1,3H3;2-4H,6H2,1H3,(H,13,14);2*1-2H3/b11-8-,17-15?;;;. The minimum Gasteiger partial charge on any atom is -0.352 e. The van der Waals surface area contributed by atoms with Gasteiger partial charge in [0.2, 0.25) is 5.91 Å². The summed E-state index contributed by atoms with van der Waals surface area (Å²) in [4.78, 5) is 15.2. The van der Waals surface area contributed by atoms with Crippen LogP contribution in [0.5, 0.6) is 0 Å². The van der Waals surface area contributed by atoms with Crippen molar-refractivity contribution in [2.45, 2.75) is 80.6 Å². The maximum absolute atomic E-state index is 10.7. The van der Waals surface area contributed by atoms with E-state index < -0.39 is 0 Å². The predicted octanol–water partition coefficient (Wildman–Crippen LogP) is 8.26. The minimum absolute atomic E-state index is 0.0753. The second-order valence-electron chi connectivity index (χ2n) is 6.94. The number of hydrogen-bond donors (Lipinski definition) is 2. The van der Waals surface area contributed by atoms with Crippen LogP contribution in [0, 0.1) is 0 Å². The summed E-state index contributed by atoms with van der Waals surface area (Å²) in [6.45, 7) is 21.0. The Bertz CT molecular complexity index is 728. The summed E-state index contributed by atoms with van der Waals surface area (Å²) in [6.07, 6.45) is 17.1. The molecule has 0 fully saturated rings. The fraction of sp³-hybridized carbons (Fsp3) is 0.552. The number of unbranched alkanes of at least 4 members (excludes halogenated alkanes) is 2. The Hall–Kier alpha value is -1.84. The summed E-state index contributed by atoms with van der Waals surface area (Å²) in [5.74, 6) is -0.0753. The lowest BCUT2D eigenvalue weighted by molar-refractivity contribution is -0.118. The molecule has 0 radical (unpaired) electrons. The van der Waals surface area contributed by atoms with Crippen LogP contribution in [-0.4, -0.2) is 37.8 Å². The largest absolute Gasteiger partial charge is 0.352 e. The van der Waals surface area contributed by atoms with Crippen molar-refractivity contribution in [3.05, 3.63) is 64.4 Å². The van der Waals surface area contributed by atoms with E-state index in [1.807, 2.05) is 33.8 Å². The number of carbonyl (C=O) groups is 1. The average Bonchev–Trinajstić information content (AvgIpc) is 3.04. The van der Waals surface area contributed by atoms with Gasteiger partial charge in [-0.1, -0.05) is 115 Å². The van der Waals surface area contributed by atoms with Crippen LogP contribution < -0.4 is 10.6 Å². The van der Waals surface area contributed by atoms with Gasteiger partial charge in [-0.2, -0.15) is 0 Å². The highest BCUT2D eigenvalue weighted by atomic mass is 35.5. The molecule has 1 aliphatic rings. The summed E-state index contributed by atoms with van der Waals surface area (Å²) >= 11 is 11.5. The molecule has 0 aliphatic heterocycles. The molecule has 0 aromatic heterocycles. The van der Waals surface area contributed by atoms with Crippen LogP contribution in [0.4, 0.5) is 0 Å². The molecule has 0 spiro atoms. The Kier molecular flexibility index (Phi) is 32.5. The van der Waals surface area contributed by atoms with Crippen molar-refractivity contribution in [1.82, 2.24) is 10.6 Å². The van der Waals surface area contributed by atoms with Gasteiger partial charge in [-0.25, -0.2) is 0 Å². The van der Waals surface area contributed by atoms with E-state index in [4.69, 9.17) is 23.2 Å². The van der Waals surface area contributed by atoms with Crippen molar-refractivity contribution in [2.24, 2.45) is 4.99 Å². The molecule has 0 heterocycles. The smallest absolute Gasteiger partial charge is 0.217 e. The van der Waals surface area contributed by atoms with Crippen molar-refractivity contribution < 1.29 is 4.79 Å². The van der Waals surface area contributed by atoms with Gasteiger partial charge in [0.25, 0.3) is 0 Å². The van der Waals surface area contributed by atoms with Gasteiger partial charge in [-0.05, 0) is 43.2 Å². The summed E-state index contributed by atoms with van der Waals surface area (Å²) in [6, 6.07) is 0. The van der Waals surface area contributed by atoms with Crippen LogP contribution in [-0.2, 0) is 4.79 Å². The predicted molar refractivity (Wildman–Crippen MR) is 160 cm³/mol. The molecule has 0 saturated heterocycles. The van der Waals surface area contributed by atoms with Gasteiger partial charge < -0.3 is 10.6 Å². The first kappa shape index (κ1) is 37.7. The lowest BCUT2D eigenvalue weighted by atomic mass is 10.2. The number of nitrogens with one attached hydrogen (secondary N) is 2. The van der Waals surface area contributed by atoms with Crippen LogP contribution in [0.25, 0.3) is 0 Å². The number of carbonyl (C=O) groups excluding carboxylic acids is 1. The fourth-order valence-electron chi connectivity index (χ4n) is 2.42. The van der Waals surface area contributed by atoms with Crippen LogP contribution >= 0.6 is 23.2 Å². The highest BCUT2D eigenvalue weighted by molar-refractivity contribution is 6.43. The molecule has 200 valence electrons. The van der Waals surface area contributed by atoms with Crippen molar-refractivity contribution in [1.29, 1.82) is 0 Å². The number of rotatable bonds is 13. The zero-order valence-corrected chi connectivity index (χ0v) is 24.7. The first-order valence-electron chi connectivity index (χ1n) is 12.9. The Morgan fingerprint density at radius 3 is 2.34 bits per heavy atom. The van der Waals surface area contributed by atoms with E-state index in [1.165, 1.54) is 31.9 Å². The van der Waals surface area contributed by atoms with Gasteiger partial charge in [0.15, 0.2) is 0 Å². The summed E-state index contributed by atoms with van der Waals surface area (Å²) in [5, 5.41) is 6.91. The highest BCUT2D eigenvalue weighted by Crippen LogP contribution is 2.20. The third kappa shape index (κ3) is 26.6. The Balaban J connectivity index is -0.000000517. The number of allylic oxidation sites excluding steroid dienone is 6.